The van der Waals surface area contributed by atoms with Crippen molar-refractivity contribution < 1.29 is 22.8 Å². The first-order valence-electron chi connectivity index (χ1n) is 5.83. The second-order valence-corrected chi connectivity index (χ2v) is 6.66. The largest absolute Gasteiger partial charge is 0.478 e. The minimum atomic E-state index is -3.73. The van der Waals surface area contributed by atoms with Crippen LogP contribution in [0.4, 0.5) is 0 Å². The average molecular weight is 295 g/mol. The second-order valence-electron chi connectivity index (χ2n) is 4.39. The molecule has 1 unspecified atom stereocenters. The maximum Gasteiger partial charge on any atom is 0.335 e. The van der Waals surface area contributed by atoms with Crippen LogP contribution < -0.4 is 0 Å². The standard InChI is InChI=1S/C13H13NO5S/c1-8-6-12(19-14-8)9(2)20(17,18)11-5-3-4-10(7-11)13(15)16/h3-7,9H,1-2H3,(H,15,16). The third kappa shape index (κ3) is 2.57. The first kappa shape index (κ1) is 14.3. The molecule has 0 saturated heterocycles. The molecule has 0 saturated carbocycles. The number of nitrogens with zero attached hydrogens (tertiary/aromatic N) is 1. The van der Waals surface area contributed by atoms with E-state index in [9.17, 15) is 13.2 Å². The van der Waals surface area contributed by atoms with Crippen molar-refractivity contribution in [2.24, 2.45) is 0 Å². The number of carbonyl (C=O) groups is 1. The number of hydrogen-bond donors (Lipinski definition) is 1. The number of aromatic nitrogens is 1. The van der Waals surface area contributed by atoms with Gasteiger partial charge in [0.1, 0.15) is 5.25 Å². The smallest absolute Gasteiger partial charge is 0.335 e. The lowest BCUT2D eigenvalue weighted by Crippen LogP contribution is -2.11. The van der Waals surface area contributed by atoms with Crippen LogP contribution >= 0.6 is 0 Å². The van der Waals surface area contributed by atoms with E-state index in [1.165, 1.54) is 25.1 Å². The van der Waals surface area contributed by atoms with E-state index < -0.39 is 21.1 Å². The van der Waals surface area contributed by atoms with Crippen molar-refractivity contribution in [2.45, 2.75) is 24.0 Å². The lowest BCUT2D eigenvalue weighted by molar-refractivity contribution is 0.0696. The number of carboxylic acid groups (broad SMARTS) is 1. The summed E-state index contributed by atoms with van der Waals surface area (Å²) in [4.78, 5) is 10.8. The average Bonchev–Trinajstić information content (AvgIpc) is 2.84. The van der Waals surface area contributed by atoms with Crippen molar-refractivity contribution in [3.63, 3.8) is 0 Å². The van der Waals surface area contributed by atoms with Crippen molar-refractivity contribution in [3.05, 3.63) is 47.3 Å². The van der Waals surface area contributed by atoms with E-state index in [1.807, 2.05) is 0 Å². The molecule has 0 bridgehead atoms. The van der Waals surface area contributed by atoms with E-state index in [-0.39, 0.29) is 16.2 Å². The van der Waals surface area contributed by atoms with Gasteiger partial charge in [0.15, 0.2) is 15.6 Å². The molecule has 0 amide bonds. The number of rotatable bonds is 4. The van der Waals surface area contributed by atoms with Gasteiger partial charge in [0.05, 0.1) is 16.2 Å². The molecular weight excluding hydrogens is 282 g/mol. The molecule has 0 aliphatic rings. The molecule has 1 atom stereocenters. The van der Waals surface area contributed by atoms with Crippen molar-refractivity contribution in [3.8, 4) is 0 Å². The minimum Gasteiger partial charge on any atom is -0.478 e. The molecule has 0 radical (unpaired) electrons. The Morgan fingerprint density at radius 3 is 2.60 bits per heavy atom. The Kier molecular flexibility index (Phi) is 3.63. The summed E-state index contributed by atoms with van der Waals surface area (Å²) in [6.45, 7) is 3.17. The topological polar surface area (TPSA) is 97.5 Å². The number of carboxylic acids is 1. The molecule has 1 heterocycles. The number of sulfone groups is 1. The molecule has 6 nitrogen and oxygen atoms in total. The Balaban J connectivity index is 2.44. The van der Waals surface area contributed by atoms with Gasteiger partial charge in [-0.15, -0.1) is 0 Å². The quantitative estimate of drug-likeness (QED) is 0.928. The van der Waals surface area contributed by atoms with E-state index in [2.05, 4.69) is 5.16 Å². The van der Waals surface area contributed by atoms with Crippen LogP contribution in [-0.2, 0) is 9.84 Å². The maximum atomic E-state index is 12.4. The first-order valence-corrected chi connectivity index (χ1v) is 7.37. The van der Waals surface area contributed by atoms with Gasteiger partial charge in [-0.25, -0.2) is 13.2 Å². The van der Waals surface area contributed by atoms with Gasteiger partial charge in [-0.2, -0.15) is 0 Å². The summed E-state index contributed by atoms with van der Waals surface area (Å²) in [7, 11) is -3.73. The summed E-state index contributed by atoms with van der Waals surface area (Å²) in [6.07, 6.45) is 0. The molecule has 1 aromatic heterocycles. The van der Waals surface area contributed by atoms with Crippen LogP contribution in [0.5, 0.6) is 0 Å². The molecular formula is C13H13NO5S. The maximum absolute atomic E-state index is 12.4. The molecule has 1 N–H and O–H groups in total. The zero-order valence-electron chi connectivity index (χ0n) is 10.9. The molecule has 20 heavy (non-hydrogen) atoms. The van der Waals surface area contributed by atoms with Crippen LogP contribution in [0.1, 0.15) is 34.0 Å². The summed E-state index contributed by atoms with van der Waals surface area (Å²) in [6, 6.07) is 6.78. The van der Waals surface area contributed by atoms with E-state index in [1.54, 1.807) is 13.0 Å². The molecule has 1 aromatic carbocycles. The van der Waals surface area contributed by atoms with Gasteiger partial charge in [0.25, 0.3) is 0 Å². The van der Waals surface area contributed by atoms with Crippen LogP contribution in [0.25, 0.3) is 0 Å². The summed E-state index contributed by atoms with van der Waals surface area (Å²) in [5.74, 6) is -0.951. The fraction of sp³-hybridized carbons (Fsp3) is 0.231. The van der Waals surface area contributed by atoms with E-state index in [4.69, 9.17) is 9.63 Å². The molecule has 0 fully saturated rings. The van der Waals surface area contributed by atoms with E-state index in [0.717, 1.165) is 6.07 Å². The monoisotopic (exact) mass is 295 g/mol. The first-order chi connectivity index (χ1) is 9.32. The molecule has 0 aliphatic carbocycles. The van der Waals surface area contributed by atoms with Crippen LogP contribution in [-0.4, -0.2) is 24.7 Å². The van der Waals surface area contributed by atoms with Gasteiger partial charge in [-0.1, -0.05) is 11.2 Å². The SMILES string of the molecule is Cc1cc(C(C)S(=O)(=O)c2cccc(C(=O)O)c2)on1. The highest BCUT2D eigenvalue weighted by Gasteiger charge is 2.28. The Bertz CT molecular complexity index is 748. The predicted octanol–water partition coefficient (Wildman–Crippen LogP) is 2.22. The Morgan fingerprint density at radius 1 is 1.35 bits per heavy atom. The number of aromatic carboxylic acids is 1. The Hall–Kier alpha value is -2.15. The lowest BCUT2D eigenvalue weighted by Gasteiger charge is -2.10. The van der Waals surface area contributed by atoms with Gasteiger partial charge in [-0.05, 0) is 32.0 Å². The van der Waals surface area contributed by atoms with E-state index in [0.29, 0.717) is 5.69 Å². The highest BCUT2D eigenvalue weighted by molar-refractivity contribution is 7.91. The normalized spacial score (nSPS) is 13.1. The van der Waals surface area contributed by atoms with Gasteiger partial charge < -0.3 is 9.63 Å². The number of aryl methyl sites for hydroxylation is 1. The fourth-order valence-corrected chi connectivity index (χ4v) is 3.12. The third-order valence-corrected chi connectivity index (χ3v) is 5.00. The molecule has 2 aromatic rings. The molecule has 0 aliphatic heterocycles. The van der Waals surface area contributed by atoms with Crippen LogP contribution in [0, 0.1) is 6.92 Å². The van der Waals surface area contributed by atoms with Crippen molar-refractivity contribution in [1.82, 2.24) is 5.16 Å². The molecule has 0 spiro atoms. The van der Waals surface area contributed by atoms with Gasteiger partial charge in [0, 0.05) is 6.07 Å². The third-order valence-electron chi connectivity index (χ3n) is 2.92. The highest BCUT2D eigenvalue weighted by atomic mass is 32.2. The van der Waals surface area contributed by atoms with Crippen molar-refractivity contribution >= 4 is 15.8 Å². The number of hydrogen-bond acceptors (Lipinski definition) is 5. The fourth-order valence-electron chi connectivity index (χ4n) is 1.74. The van der Waals surface area contributed by atoms with Gasteiger partial charge >= 0.3 is 5.97 Å². The van der Waals surface area contributed by atoms with Crippen LogP contribution in [0.3, 0.4) is 0 Å². The summed E-state index contributed by atoms with van der Waals surface area (Å²) in [5.41, 5.74) is 0.508. The highest BCUT2D eigenvalue weighted by Crippen LogP contribution is 2.29. The summed E-state index contributed by atoms with van der Waals surface area (Å²) in [5, 5.41) is 11.6. The predicted molar refractivity (Wildman–Crippen MR) is 70.2 cm³/mol. The number of benzene rings is 1. The van der Waals surface area contributed by atoms with Crippen molar-refractivity contribution in [1.29, 1.82) is 0 Å². The molecule has 2 rings (SSSR count). The zero-order chi connectivity index (χ0) is 14.9. The van der Waals surface area contributed by atoms with Crippen LogP contribution in [0.2, 0.25) is 0 Å². The lowest BCUT2D eigenvalue weighted by atomic mass is 10.2. The molecule has 106 valence electrons. The summed E-state index contributed by atoms with van der Waals surface area (Å²) < 4.78 is 29.8. The van der Waals surface area contributed by atoms with E-state index >= 15 is 0 Å². The van der Waals surface area contributed by atoms with Gasteiger partial charge in [-0.3, -0.25) is 0 Å². The van der Waals surface area contributed by atoms with Gasteiger partial charge in [0.2, 0.25) is 0 Å². The zero-order valence-corrected chi connectivity index (χ0v) is 11.7. The molecule has 7 heteroatoms. The second kappa shape index (κ2) is 5.09. The van der Waals surface area contributed by atoms with Crippen LogP contribution in [0.15, 0.2) is 39.8 Å². The Labute approximate surface area is 115 Å². The summed E-state index contributed by atoms with van der Waals surface area (Å²) >= 11 is 0. The van der Waals surface area contributed by atoms with Crippen molar-refractivity contribution in [2.75, 3.05) is 0 Å². The minimum absolute atomic E-state index is 0.0565. The Morgan fingerprint density at radius 2 is 2.05 bits per heavy atom.